The van der Waals surface area contributed by atoms with Crippen LogP contribution in [-0.2, 0) is 0 Å². The van der Waals surface area contributed by atoms with E-state index in [0.717, 1.165) is 36.8 Å². The first-order valence-corrected chi connectivity index (χ1v) is 9.80. The van der Waals surface area contributed by atoms with Gasteiger partial charge in [-0.05, 0) is 38.5 Å². The highest BCUT2D eigenvalue weighted by molar-refractivity contribution is 5.95. The number of carbonyl (C=O) groups excluding carboxylic acids is 1. The summed E-state index contributed by atoms with van der Waals surface area (Å²) in [5.74, 6) is 1.24. The van der Waals surface area contributed by atoms with Crippen LogP contribution in [0, 0.1) is 19.8 Å². The summed E-state index contributed by atoms with van der Waals surface area (Å²) in [4.78, 5) is 32.4. The van der Waals surface area contributed by atoms with Crippen LogP contribution in [0.5, 0.6) is 0 Å². The Balaban J connectivity index is 1.38. The zero-order chi connectivity index (χ0) is 20.0. The molecule has 0 spiro atoms. The second-order valence-corrected chi connectivity index (χ2v) is 7.66. The van der Waals surface area contributed by atoms with E-state index in [-0.39, 0.29) is 11.9 Å². The number of pyridine rings is 1. The molecular formula is C20H22N8O. The van der Waals surface area contributed by atoms with Crippen LogP contribution in [0.3, 0.4) is 0 Å². The summed E-state index contributed by atoms with van der Waals surface area (Å²) >= 11 is 0. The predicted octanol–water partition coefficient (Wildman–Crippen LogP) is 1.42. The molecule has 0 bridgehead atoms. The molecule has 29 heavy (non-hydrogen) atoms. The molecule has 2 fully saturated rings. The summed E-state index contributed by atoms with van der Waals surface area (Å²) in [5.41, 5.74) is 2.89. The van der Waals surface area contributed by atoms with Crippen molar-refractivity contribution >= 4 is 11.9 Å². The van der Waals surface area contributed by atoms with E-state index in [1.54, 1.807) is 24.7 Å². The van der Waals surface area contributed by atoms with Crippen LogP contribution >= 0.6 is 0 Å². The maximum atomic E-state index is 13.3. The fraction of sp³-hybridized carbons (Fsp3) is 0.400. The normalized spacial score (nSPS) is 20.9. The molecule has 5 rings (SSSR count). The smallest absolute Gasteiger partial charge is 0.274 e. The van der Waals surface area contributed by atoms with Crippen LogP contribution in [0.25, 0.3) is 5.69 Å². The number of carbonyl (C=O) groups is 1. The van der Waals surface area contributed by atoms with Crippen molar-refractivity contribution in [3.63, 3.8) is 0 Å². The molecule has 3 aromatic heterocycles. The van der Waals surface area contributed by atoms with Gasteiger partial charge in [-0.3, -0.25) is 4.79 Å². The highest BCUT2D eigenvalue weighted by Gasteiger charge is 2.45. The van der Waals surface area contributed by atoms with E-state index in [2.05, 4.69) is 30.0 Å². The van der Waals surface area contributed by atoms with Crippen molar-refractivity contribution < 1.29 is 4.79 Å². The van der Waals surface area contributed by atoms with Gasteiger partial charge in [0.1, 0.15) is 5.69 Å². The van der Waals surface area contributed by atoms with Gasteiger partial charge in [0.05, 0.1) is 18.4 Å². The molecule has 2 aliphatic rings. The van der Waals surface area contributed by atoms with Gasteiger partial charge in [0.15, 0.2) is 5.69 Å². The van der Waals surface area contributed by atoms with Gasteiger partial charge < -0.3 is 9.80 Å². The van der Waals surface area contributed by atoms with Crippen LogP contribution in [-0.4, -0.2) is 66.4 Å². The molecule has 0 aromatic carbocycles. The van der Waals surface area contributed by atoms with Gasteiger partial charge in [0.25, 0.3) is 5.91 Å². The Kier molecular flexibility index (Phi) is 4.22. The largest absolute Gasteiger partial charge is 0.335 e. The van der Waals surface area contributed by atoms with Crippen LogP contribution in [0.15, 0.2) is 36.8 Å². The van der Waals surface area contributed by atoms with E-state index in [0.29, 0.717) is 23.8 Å². The number of anilines is 1. The van der Waals surface area contributed by atoms with Crippen molar-refractivity contribution in [2.45, 2.75) is 26.3 Å². The average molecular weight is 390 g/mol. The van der Waals surface area contributed by atoms with E-state index >= 15 is 0 Å². The lowest BCUT2D eigenvalue weighted by Gasteiger charge is -2.53. The topological polar surface area (TPSA) is 92.9 Å². The standard InChI is InChI=1S/C20H22N8O/c1-13-10-14(2)25-20(24-13)27-11-15-5-9-26(12-17(15)27)19(29)18-16(4-3-6-21-18)28-22-7-8-23-28/h3-4,6-8,10,15,17H,5,9,11-12H2,1-2H3/t15-,17-/m0/s1. The number of nitrogens with zero attached hydrogens (tertiary/aromatic N) is 8. The Morgan fingerprint density at radius 3 is 2.59 bits per heavy atom. The van der Waals surface area contributed by atoms with Gasteiger partial charge in [0, 0.05) is 43.1 Å². The van der Waals surface area contributed by atoms with Crippen LogP contribution in [0.4, 0.5) is 5.95 Å². The molecule has 5 heterocycles. The number of likely N-dealkylation sites (tertiary alicyclic amines) is 1. The Morgan fingerprint density at radius 2 is 1.83 bits per heavy atom. The van der Waals surface area contributed by atoms with E-state index in [9.17, 15) is 4.79 Å². The summed E-state index contributed by atoms with van der Waals surface area (Å²) in [6, 6.07) is 5.81. The number of aromatic nitrogens is 6. The molecule has 0 unspecified atom stereocenters. The number of hydrogen-bond donors (Lipinski definition) is 0. The number of fused-ring (bicyclic) bond motifs is 1. The quantitative estimate of drug-likeness (QED) is 0.668. The lowest BCUT2D eigenvalue weighted by atomic mass is 9.82. The summed E-state index contributed by atoms with van der Waals surface area (Å²) in [6.07, 6.45) is 5.78. The van der Waals surface area contributed by atoms with E-state index in [1.165, 1.54) is 4.80 Å². The van der Waals surface area contributed by atoms with Crippen molar-refractivity contribution in [2.24, 2.45) is 5.92 Å². The minimum absolute atomic E-state index is 0.0930. The molecule has 3 aromatic rings. The van der Waals surface area contributed by atoms with Crippen molar-refractivity contribution in [3.8, 4) is 5.69 Å². The highest BCUT2D eigenvalue weighted by Crippen LogP contribution is 2.35. The van der Waals surface area contributed by atoms with Gasteiger partial charge >= 0.3 is 0 Å². The Morgan fingerprint density at radius 1 is 1.07 bits per heavy atom. The summed E-state index contributed by atoms with van der Waals surface area (Å²) in [7, 11) is 0. The van der Waals surface area contributed by atoms with Crippen molar-refractivity contribution in [1.29, 1.82) is 0 Å². The minimum atomic E-state index is -0.0930. The third-order valence-corrected chi connectivity index (χ3v) is 5.69. The van der Waals surface area contributed by atoms with Gasteiger partial charge in [-0.15, -0.1) is 4.80 Å². The third kappa shape index (κ3) is 3.12. The zero-order valence-corrected chi connectivity index (χ0v) is 16.4. The van der Waals surface area contributed by atoms with Gasteiger partial charge in [-0.2, -0.15) is 10.2 Å². The molecule has 148 valence electrons. The first-order chi connectivity index (χ1) is 14.1. The second kappa shape index (κ2) is 6.91. The van der Waals surface area contributed by atoms with Crippen molar-refractivity contribution in [2.75, 3.05) is 24.5 Å². The third-order valence-electron chi connectivity index (χ3n) is 5.69. The maximum absolute atomic E-state index is 13.3. The first-order valence-electron chi connectivity index (χ1n) is 9.80. The Labute approximate surface area is 168 Å². The van der Waals surface area contributed by atoms with Gasteiger partial charge in [-0.25, -0.2) is 15.0 Å². The minimum Gasteiger partial charge on any atom is -0.335 e. The first kappa shape index (κ1) is 17.7. The van der Waals surface area contributed by atoms with Crippen molar-refractivity contribution in [3.05, 3.63) is 53.9 Å². The molecule has 2 aliphatic heterocycles. The maximum Gasteiger partial charge on any atom is 0.274 e. The molecule has 2 atom stereocenters. The van der Waals surface area contributed by atoms with E-state index in [1.807, 2.05) is 30.9 Å². The molecule has 0 aliphatic carbocycles. The molecule has 0 saturated carbocycles. The SMILES string of the molecule is Cc1cc(C)nc(N2C[C@@H]3CCN(C(=O)c4ncccc4-n4nccn4)C[C@@H]32)n1. The lowest BCUT2D eigenvalue weighted by Crippen LogP contribution is -2.65. The fourth-order valence-corrected chi connectivity index (χ4v) is 4.26. The molecular weight excluding hydrogens is 368 g/mol. The zero-order valence-electron chi connectivity index (χ0n) is 16.4. The molecule has 0 radical (unpaired) electrons. The molecule has 9 heteroatoms. The van der Waals surface area contributed by atoms with Gasteiger partial charge in [0.2, 0.25) is 5.95 Å². The molecule has 9 nitrogen and oxygen atoms in total. The van der Waals surface area contributed by atoms with Crippen LogP contribution in [0.2, 0.25) is 0 Å². The average Bonchev–Trinajstić information content (AvgIpc) is 3.22. The summed E-state index contributed by atoms with van der Waals surface area (Å²) in [6.45, 7) is 6.28. The van der Waals surface area contributed by atoms with Crippen LogP contribution in [0.1, 0.15) is 28.3 Å². The van der Waals surface area contributed by atoms with E-state index in [4.69, 9.17) is 0 Å². The predicted molar refractivity (Wildman–Crippen MR) is 106 cm³/mol. The summed E-state index contributed by atoms with van der Waals surface area (Å²) in [5, 5.41) is 8.30. The number of amides is 1. The molecule has 1 amide bonds. The Bertz CT molecular complexity index is 1030. The molecule has 2 saturated heterocycles. The Hall–Kier alpha value is -3.36. The summed E-state index contributed by atoms with van der Waals surface area (Å²) < 4.78 is 0. The number of aryl methyl sites for hydroxylation is 2. The number of rotatable bonds is 3. The van der Waals surface area contributed by atoms with Gasteiger partial charge in [-0.1, -0.05) is 0 Å². The van der Waals surface area contributed by atoms with Crippen molar-refractivity contribution in [1.82, 2.24) is 34.8 Å². The van der Waals surface area contributed by atoms with E-state index < -0.39 is 0 Å². The number of piperidine rings is 1. The fourth-order valence-electron chi connectivity index (χ4n) is 4.26. The number of hydrogen-bond acceptors (Lipinski definition) is 7. The lowest BCUT2D eigenvalue weighted by molar-refractivity contribution is 0.0583. The highest BCUT2D eigenvalue weighted by atomic mass is 16.2. The van der Waals surface area contributed by atoms with Crippen LogP contribution < -0.4 is 4.90 Å². The second-order valence-electron chi connectivity index (χ2n) is 7.66. The molecule has 0 N–H and O–H groups in total. The monoisotopic (exact) mass is 390 g/mol.